The van der Waals surface area contributed by atoms with Gasteiger partial charge in [-0.1, -0.05) is 6.42 Å². The van der Waals surface area contributed by atoms with E-state index in [4.69, 9.17) is 4.74 Å². The molecule has 0 bridgehead atoms. The first kappa shape index (κ1) is 17.2. The molecule has 2 N–H and O–H groups in total. The average Bonchev–Trinajstić information content (AvgIpc) is 2.79. The maximum Gasteiger partial charge on any atom is 0.191 e. The van der Waals surface area contributed by atoms with Crippen LogP contribution in [0.3, 0.4) is 0 Å². The third-order valence-corrected chi connectivity index (χ3v) is 5.66. The monoisotopic (exact) mass is 324 g/mol. The first-order chi connectivity index (χ1) is 10.6. The summed E-state index contributed by atoms with van der Waals surface area (Å²) < 4.78 is 5.24. The van der Waals surface area contributed by atoms with Crippen LogP contribution in [0.2, 0.25) is 0 Å². The number of rotatable bonds is 7. The molecule has 0 aromatic carbocycles. The van der Waals surface area contributed by atoms with E-state index < -0.39 is 0 Å². The van der Waals surface area contributed by atoms with Crippen LogP contribution in [0.5, 0.6) is 0 Å². The SMILES string of the molecule is CN=C(NCc1nc(C)c(C)s1)NCC1(CCOC)CCC1. The highest BCUT2D eigenvalue weighted by Crippen LogP contribution is 2.43. The first-order valence-electron chi connectivity index (χ1n) is 7.95. The van der Waals surface area contributed by atoms with Crippen LogP contribution in [-0.2, 0) is 11.3 Å². The second-order valence-electron chi connectivity index (χ2n) is 6.12. The van der Waals surface area contributed by atoms with E-state index >= 15 is 0 Å². The Balaban J connectivity index is 1.79. The topological polar surface area (TPSA) is 58.5 Å². The van der Waals surface area contributed by atoms with Crippen LogP contribution in [0.1, 0.15) is 41.3 Å². The maximum atomic E-state index is 5.24. The fourth-order valence-electron chi connectivity index (χ4n) is 2.78. The average molecular weight is 324 g/mol. The van der Waals surface area contributed by atoms with Crippen LogP contribution in [0.4, 0.5) is 0 Å². The van der Waals surface area contributed by atoms with E-state index in [9.17, 15) is 0 Å². The molecule has 1 heterocycles. The number of methoxy groups -OCH3 is 1. The molecule has 1 fully saturated rings. The Kier molecular flexibility index (Phi) is 6.20. The lowest BCUT2D eigenvalue weighted by atomic mass is 9.67. The third-order valence-electron chi connectivity index (χ3n) is 4.59. The minimum atomic E-state index is 0.391. The smallest absolute Gasteiger partial charge is 0.191 e. The molecule has 2 rings (SSSR count). The molecule has 0 saturated heterocycles. The molecule has 0 amide bonds. The van der Waals surface area contributed by atoms with Gasteiger partial charge in [-0.3, -0.25) is 4.99 Å². The van der Waals surface area contributed by atoms with E-state index in [2.05, 4.69) is 34.5 Å². The van der Waals surface area contributed by atoms with Gasteiger partial charge < -0.3 is 15.4 Å². The summed E-state index contributed by atoms with van der Waals surface area (Å²) in [5.41, 5.74) is 1.51. The number of nitrogens with one attached hydrogen (secondary N) is 2. The highest BCUT2D eigenvalue weighted by molar-refractivity contribution is 7.11. The fraction of sp³-hybridized carbons (Fsp3) is 0.750. The number of ether oxygens (including phenoxy) is 1. The van der Waals surface area contributed by atoms with E-state index in [0.29, 0.717) is 5.41 Å². The van der Waals surface area contributed by atoms with Gasteiger partial charge in [0.15, 0.2) is 5.96 Å². The number of guanidine groups is 1. The molecule has 6 heteroatoms. The van der Waals surface area contributed by atoms with Crippen molar-refractivity contribution in [3.8, 4) is 0 Å². The predicted molar refractivity (Wildman–Crippen MR) is 92.6 cm³/mol. The van der Waals surface area contributed by atoms with Gasteiger partial charge in [0.05, 0.1) is 12.2 Å². The van der Waals surface area contributed by atoms with Crippen molar-refractivity contribution in [3.63, 3.8) is 0 Å². The zero-order chi connectivity index (χ0) is 16.0. The minimum absolute atomic E-state index is 0.391. The summed E-state index contributed by atoms with van der Waals surface area (Å²) in [5, 5.41) is 7.94. The molecular formula is C16H28N4OS. The number of aromatic nitrogens is 1. The summed E-state index contributed by atoms with van der Waals surface area (Å²) in [7, 11) is 3.59. The van der Waals surface area contributed by atoms with E-state index in [1.165, 1.54) is 24.1 Å². The summed E-state index contributed by atoms with van der Waals surface area (Å²) in [4.78, 5) is 10.1. The molecule has 0 spiro atoms. The minimum Gasteiger partial charge on any atom is -0.385 e. The Morgan fingerprint density at radius 2 is 2.14 bits per heavy atom. The van der Waals surface area contributed by atoms with Gasteiger partial charge >= 0.3 is 0 Å². The highest BCUT2D eigenvalue weighted by Gasteiger charge is 2.36. The number of hydrogen-bond donors (Lipinski definition) is 2. The molecule has 0 atom stereocenters. The van der Waals surface area contributed by atoms with Crippen LogP contribution in [0, 0.1) is 19.3 Å². The van der Waals surface area contributed by atoms with Crippen molar-refractivity contribution < 1.29 is 4.74 Å². The van der Waals surface area contributed by atoms with Crippen LogP contribution in [0.15, 0.2) is 4.99 Å². The standard InChI is InChI=1S/C16H28N4OS/c1-12-13(2)22-14(20-12)10-18-15(17-3)19-11-16(6-5-7-16)8-9-21-4/h5-11H2,1-4H3,(H2,17,18,19). The van der Waals surface area contributed by atoms with Crippen LogP contribution in [-0.4, -0.2) is 38.3 Å². The van der Waals surface area contributed by atoms with Crippen LogP contribution >= 0.6 is 11.3 Å². The summed E-state index contributed by atoms with van der Waals surface area (Å²) in [6, 6.07) is 0. The molecule has 22 heavy (non-hydrogen) atoms. The molecular weight excluding hydrogens is 296 g/mol. The molecule has 1 saturated carbocycles. The Bertz CT molecular complexity index is 489. The second-order valence-corrected chi connectivity index (χ2v) is 7.41. The maximum absolute atomic E-state index is 5.24. The quantitative estimate of drug-likeness (QED) is 0.598. The van der Waals surface area contributed by atoms with Gasteiger partial charge in [0.1, 0.15) is 5.01 Å². The van der Waals surface area contributed by atoms with Crippen molar-refractivity contribution in [2.75, 3.05) is 27.3 Å². The van der Waals surface area contributed by atoms with Crippen LogP contribution in [0.25, 0.3) is 0 Å². The third kappa shape index (κ3) is 4.43. The van der Waals surface area contributed by atoms with Crippen molar-refractivity contribution >= 4 is 17.3 Å². The highest BCUT2D eigenvalue weighted by atomic mass is 32.1. The van der Waals surface area contributed by atoms with Gasteiger partial charge in [0, 0.05) is 32.2 Å². The summed E-state index contributed by atoms with van der Waals surface area (Å²) >= 11 is 1.74. The van der Waals surface area contributed by atoms with Crippen molar-refractivity contribution in [3.05, 3.63) is 15.6 Å². The van der Waals surface area contributed by atoms with Gasteiger partial charge in [0.2, 0.25) is 0 Å². The van der Waals surface area contributed by atoms with Crippen molar-refractivity contribution in [2.24, 2.45) is 10.4 Å². The largest absolute Gasteiger partial charge is 0.385 e. The Hall–Kier alpha value is -1.14. The Morgan fingerprint density at radius 3 is 2.64 bits per heavy atom. The molecule has 0 radical (unpaired) electrons. The Labute approximate surface area is 137 Å². The summed E-state index contributed by atoms with van der Waals surface area (Å²) in [6.45, 7) is 6.69. The molecule has 0 aliphatic heterocycles. The molecule has 124 valence electrons. The number of aryl methyl sites for hydroxylation is 2. The second kappa shape index (κ2) is 7.92. The first-order valence-corrected chi connectivity index (χ1v) is 8.76. The van der Waals surface area contributed by atoms with Gasteiger partial charge in [0.25, 0.3) is 0 Å². The number of hydrogen-bond acceptors (Lipinski definition) is 4. The zero-order valence-electron chi connectivity index (χ0n) is 14.2. The molecule has 5 nitrogen and oxygen atoms in total. The normalized spacial score (nSPS) is 17.2. The van der Waals surface area contributed by atoms with E-state index in [0.717, 1.165) is 42.8 Å². The number of thiazole rings is 1. The summed E-state index contributed by atoms with van der Waals surface area (Å²) in [5.74, 6) is 0.856. The van der Waals surface area contributed by atoms with Gasteiger partial charge in [-0.15, -0.1) is 11.3 Å². The van der Waals surface area contributed by atoms with Gasteiger partial charge in [-0.25, -0.2) is 4.98 Å². The lowest BCUT2D eigenvalue weighted by Crippen LogP contribution is -2.46. The van der Waals surface area contributed by atoms with Crippen LogP contribution < -0.4 is 10.6 Å². The Morgan fingerprint density at radius 1 is 1.36 bits per heavy atom. The predicted octanol–water partition coefficient (Wildman–Crippen LogP) is 2.63. The zero-order valence-corrected chi connectivity index (χ0v) is 15.0. The molecule has 1 aromatic rings. The molecule has 0 unspecified atom stereocenters. The fourth-order valence-corrected chi connectivity index (χ4v) is 3.65. The van der Waals surface area contributed by atoms with Gasteiger partial charge in [-0.2, -0.15) is 0 Å². The van der Waals surface area contributed by atoms with Crippen molar-refractivity contribution in [2.45, 2.75) is 46.1 Å². The van der Waals surface area contributed by atoms with Crippen molar-refractivity contribution in [1.82, 2.24) is 15.6 Å². The number of nitrogens with zero attached hydrogens (tertiary/aromatic N) is 2. The van der Waals surface area contributed by atoms with Crippen molar-refractivity contribution in [1.29, 1.82) is 0 Å². The van der Waals surface area contributed by atoms with E-state index in [1.807, 2.05) is 7.05 Å². The molecule has 1 aliphatic carbocycles. The molecule has 1 aliphatic rings. The van der Waals surface area contributed by atoms with E-state index in [-0.39, 0.29) is 0 Å². The summed E-state index contributed by atoms with van der Waals surface area (Å²) in [6.07, 6.45) is 5.02. The van der Waals surface area contributed by atoms with E-state index in [1.54, 1.807) is 18.4 Å². The lowest BCUT2D eigenvalue weighted by Gasteiger charge is -2.42. The van der Waals surface area contributed by atoms with Gasteiger partial charge in [-0.05, 0) is 38.5 Å². The number of aliphatic imine (C=N–C) groups is 1. The lowest BCUT2D eigenvalue weighted by molar-refractivity contribution is 0.0732. The molecule has 1 aromatic heterocycles.